The zero-order chi connectivity index (χ0) is 64.7. The fourth-order valence-corrected chi connectivity index (χ4v) is 9.10. The van der Waals surface area contributed by atoms with E-state index in [2.05, 4.69) is 65.1 Å². The molecule has 1 aromatic heterocycles. The summed E-state index contributed by atoms with van der Waals surface area (Å²) in [5.74, 6) is -13.6. The van der Waals surface area contributed by atoms with Crippen LogP contribution in [0, 0.1) is 5.92 Å². The molecule has 12 amide bonds. The zero-order valence-electron chi connectivity index (χ0n) is 48.0. The van der Waals surface area contributed by atoms with E-state index in [1.54, 1.807) is 13.8 Å². The number of aliphatic hydroxyl groups excluding tert-OH is 6. The maximum Gasteiger partial charge on any atom is 0.328 e. The Kier molecular flexibility index (Phi) is 29.7. The largest absolute Gasteiger partial charge is 0.480 e. The maximum atomic E-state index is 14.1. The Balaban J connectivity index is 1.61. The lowest BCUT2D eigenvalue weighted by Gasteiger charge is -2.31. The molecule has 0 spiro atoms. The van der Waals surface area contributed by atoms with Crippen LogP contribution in [0.1, 0.15) is 72.4 Å². The molecule has 0 saturated carbocycles. The summed E-state index contributed by atoms with van der Waals surface area (Å²) in [6, 6.07) is -18.2. The van der Waals surface area contributed by atoms with Gasteiger partial charge >= 0.3 is 5.97 Å². The lowest BCUT2D eigenvalue weighted by atomic mass is 10.0. The predicted octanol–water partition coefficient (Wildman–Crippen LogP) is -10.4. The second kappa shape index (κ2) is 35.1. The van der Waals surface area contributed by atoms with Crippen molar-refractivity contribution in [2.45, 2.75) is 158 Å². The molecule has 3 heterocycles. The van der Waals surface area contributed by atoms with Gasteiger partial charge in [0.15, 0.2) is 0 Å². The molecular formula is C50H81N15O20S. The van der Waals surface area contributed by atoms with E-state index in [1.807, 2.05) is 10.6 Å². The first-order valence-corrected chi connectivity index (χ1v) is 28.1. The monoisotopic (exact) mass is 1240 g/mol. The summed E-state index contributed by atoms with van der Waals surface area (Å²) in [6.45, 7) is 2.03. The first kappa shape index (κ1) is 72.6. The van der Waals surface area contributed by atoms with E-state index in [4.69, 9.17) is 10.8 Å². The molecule has 2 saturated heterocycles. The molecule has 482 valence electrons. The van der Waals surface area contributed by atoms with Crippen molar-refractivity contribution in [2.24, 2.45) is 11.7 Å². The molecule has 14 atom stereocenters. The Morgan fingerprint density at radius 3 is 1.53 bits per heavy atom. The van der Waals surface area contributed by atoms with Crippen LogP contribution in [0.2, 0.25) is 0 Å². The average molecular weight is 1240 g/mol. The van der Waals surface area contributed by atoms with Crippen molar-refractivity contribution in [1.29, 1.82) is 0 Å². The van der Waals surface area contributed by atoms with Gasteiger partial charge in [-0.15, -0.1) is 0 Å². The van der Waals surface area contributed by atoms with Crippen molar-refractivity contribution in [3.63, 3.8) is 0 Å². The predicted molar refractivity (Wildman–Crippen MR) is 298 cm³/mol. The van der Waals surface area contributed by atoms with Crippen molar-refractivity contribution < 1.29 is 98.1 Å². The zero-order valence-corrected chi connectivity index (χ0v) is 48.9. The summed E-state index contributed by atoms with van der Waals surface area (Å²) in [7, 11) is 0. The van der Waals surface area contributed by atoms with Gasteiger partial charge in [-0.25, -0.2) is 9.78 Å². The third kappa shape index (κ3) is 21.4. The molecule has 0 aromatic carbocycles. The molecule has 0 aliphatic carbocycles. The Morgan fingerprint density at radius 2 is 1.05 bits per heavy atom. The Bertz CT molecular complexity index is 2550. The number of hydrogen-bond donors (Lipinski definition) is 20. The van der Waals surface area contributed by atoms with Gasteiger partial charge in [0.25, 0.3) is 0 Å². The number of thiol groups is 1. The molecule has 3 rings (SSSR count). The van der Waals surface area contributed by atoms with Crippen molar-refractivity contribution in [1.82, 2.24) is 72.9 Å². The first-order valence-electron chi connectivity index (χ1n) is 27.5. The second-order valence-corrected chi connectivity index (χ2v) is 21.3. The fourth-order valence-electron chi connectivity index (χ4n) is 8.93. The van der Waals surface area contributed by atoms with Crippen molar-refractivity contribution in [3.05, 3.63) is 18.2 Å². The topological polar surface area (TPSA) is 545 Å². The summed E-state index contributed by atoms with van der Waals surface area (Å²) in [5.41, 5.74) is 6.13. The van der Waals surface area contributed by atoms with Gasteiger partial charge in [-0.05, 0) is 58.8 Å². The van der Waals surface area contributed by atoms with E-state index in [-0.39, 0.29) is 50.4 Å². The number of imidazole rings is 1. The maximum absolute atomic E-state index is 14.1. The highest BCUT2D eigenvalue weighted by Crippen LogP contribution is 2.21. The van der Waals surface area contributed by atoms with Crippen molar-refractivity contribution >= 4 is 89.5 Å². The Labute approximate surface area is 498 Å². The lowest BCUT2D eigenvalue weighted by molar-refractivity contribution is -0.144. The summed E-state index contributed by atoms with van der Waals surface area (Å²) in [6.07, 6.45) is 0.279. The molecule has 2 aliphatic heterocycles. The van der Waals surface area contributed by atoms with Crippen LogP contribution in [-0.2, 0) is 68.7 Å². The number of nitrogens with zero attached hydrogens (tertiary/aromatic N) is 3. The highest BCUT2D eigenvalue weighted by molar-refractivity contribution is 7.80. The van der Waals surface area contributed by atoms with Crippen LogP contribution in [0.3, 0.4) is 0 Å². The number of H-pyrrole nitrogens is 1. The number of aliphatic carboxylic acids is 1. The van der Waals surface area contributed by atoms with Crippen molar-refractivity contribution in [2.75, 3.05) is 51.8 Å². The number of carboxylic acids is 1. The number of carbonyl (C=O) groups excluding carboxylic acids is 12. The van der Waals surface area contributed by atoms with Crippen LogP contribution in [0.5, 0.6) is 0 Å². The van der Waals surface area contributed by atoms with Crippen LogP contribution in [0.15, 0.2) is 12.5 Å². The fraction of sp³-hybridized carbons (Fsp3) is 0.680. The minimum Gasteiger partial charge on any atom is -0.480 e. The molecule has 35 nitrogen and oxygen atoms in total. The van der Waals surface area contributed by atoms with E-state index in [0.29, 0.717) is 18.5 Å². The van der Waals surface area contributed by atoms with Crippen LogP contribution in [-0.4, -0.2) is 269 Å². The van der Waals surface area contributed by atoms with E-state index < -0.39 is 195 Å². The van der Waals surface area contributed by atoms with E-state index >= 15 is 0 Å². The molecule has 2 aliphatic rings. The minimum atomic E-state index is -1.87. The lowest BCUT2D eigenvalue weighted by Crippen LogP contribution is -2.62. The molecule has 0 unspecified atom stereocenters. The summed E-state index contributed by atoms with van der Waals surface area (Å²) in [4.78, 5) is 181. The average Bonchev–Trinajstić information content (AvgIpc) is 2.80. The SMILES string of the molecule is CC(C)C[C@H](NC(=O)[C@@H]1CCCN1C(=O)CNC(=O)[C@H](CO)NC(=O)[C@H](C)NC(=O)[C@@H]1CCCN1C(=O)[C@H](Cc1cnc[nH]1)NC(=O)[C@@H](NC(=O)[C@@H](N)CS)[C@@H](C)O)C(=O)N[C@@H](CO)C(=O)N[C@@H](CO)C(=O)N[C@H](C(=O)N[C@@H](CO)C(=O)O)[C@@H](C)O. The van der Waals surface area contributed by atoms with Crippen molar-refractivity contribution in [3.8, 4) is 0 Å². The molecule has 1 aromatic rings. The number of aliphatic hydroxyl groups is 6. The first-order chi connectivity index (χ1) is 40.5. The number of carboxylic acid groups (broad SMARTS) is 1. The van der Waals surface area contributed by atoms with Gasteiger partial charge < -0.3 is 109 Å². The summed E-state index contributed by atoms with van der Waals surface area (Å²) >= 11 is 3.98. The van der Waals surface area contributed by atoms with Crippen LogP contribution in [0.4, 0.5) is 0 Å². The second-order valence-electron chi connectivity index (χ2n) is 21.0. The highest BCUT2D eigenvalue weighted by Gasteiger charge is 2.42. The molecule has 0 radical (unpaired) electrons. The van der Waals surface area contributed by atoms with Gasteiger partial charge in [-0.1, -0.05) is 13.8 Å². The number of amides is 12. The molecular weight excluding hydrogens is 1160 g/mol. The number of nitrogens with one attached hydrogen (secondary N) is 11. The molecule has 86 heavy (non-hydrogen) atoms. The third-order valence-corrected chi connectivity index (χ3v) is 14.1. The van der Waals surface area contributed by atoms with E-state index in [1.165, 1.54) is 31.3 Å². The number of carbonyl (C=O) groups is 13. The normalized spacial score (nSPS) is 19.0. The third-order valence-electron chi connectivity index (χ3n) is 13.7. The van der Waals surface area contributed by atoms with Gasteiger partial charge in [0, 0.05) is 37.2 Å². The minimum absolute atomic E-state index is 0.0188. The van der Waals surface area contributed by atoms with E-state index in [0.717, 1.165) is 11.8 Å². The van der Waals surface area contributed by atoms with Gasteiger partial charge in [0.05, 0.1) is 57.5 Å². The Morgan fingerprint density at radius 1 is 0.593 bits per heavy atom. The molecule has 2 fully saturated rings. The number of nitrogens with two attached hydrogens (primary N) is 1. The number of rotatable bonds is 34. The highest BCUT2D eigenvalue weighted by atomic mass is 32.1. The van der Waals surface area contributed by atoms with E-state index in [9.17, 15) is 93.0 Å². The van der Waals surface area contributed by atoms with Gasteiger partial charge in [0.2, 0.25) is 70.9 Å². The molecule has 20 N–H and O–H groups in total. The van der Waals surface area contributed by atoms with Gasteiger partial charge in [-0.3, -0.25) is 57.5 Å². The van der Waals surface area contributed by atoms with Crippen LogP contribution >= 0.6 is 12.6 Å². The smallest absolute Gasteiger partial charge is 0.328 e. The van der Waals surface area contributed by atoms with Gasteiger partial charge in [-0.2, -0.15) is 12.6 Å². The number of aromatic nitrogens is 2. The van der Waals surface area contributed by atoms with Crippen LogP contribution in [0.25, 0.3) is 0 Å². The summed E-state index contributed by atoms with van der Waals surface area (Å²) < 4.78 is 0. The number of likely N-dealkylation sites (tertiary alicyclic amines) is 2. The molecule has 36 heteroatoms. The van der Waals surface area contributed by atoms with Crippen LogP contribution < -0.4 is 58.9 Å². The summed E-state index contributed by atoms with van der Waals surface area (Å²) in [5, 5.41) is 91.8. The number of hydrogen-bond acceptors (Lipinski definition) is 22. The Hall–Kier alpha value is -7.61. The number of aromatic amines is 1. The quantitative estimate of drug-likeness (QED) is 0.0285. The molecule has 0 bridgehead atoms. The van der Waals surface area contributed by atoms with Gasteiger partial charge in [0.1, 0.15) is 66.5 Å². The standard InChI is InChI=1S/C50H81N15O20S/c1-22(2)12-28(42(76)59-31(17-67)43(77)60-32(18-68)44(78)63-38(25(5)71)48(82)61-33(19-69)50(84)85)56-46(80)34-8-6-10-64(34)36(72)15-53-41(75)30(16-66)58-39(73)23(3)55-45(79)35-9-7-11-65(35)49(83)29(13-26-14-52-21-54-26)57-47(81)37(24(4)70)62-40(74)27(51)20-86/h14,21-25,27-35,37-38,66-71,86H,6-13,15-20,51H2,1-5H3,(H,52,54)(H,53,75)(H,55,79)(H,56,80)(H,57,81)(H,58,73)(H,59,76)(H,60,77)(H,61,82)(H,62,74)(H,63,78)(H,84,85)/t23-,24+,25+,27-,28-,29-,30-,31-,32-,33-,34-,35-,37-,38-/m0/s1.